The zero-order valence-electron chi connectivity index (χ0n) is 23.5. The summed E-state index contributed by atoms with van der Waals surface area (Å²) < 4.78 is 17.8. The molecule has 1 saturated heterocycles. The van der Waals surface area contributed by atoms with Gasteiger partial charge in [0.15, 0.2) is 11.5 Å². The number of carbonyl (C=O) groups is 2. The summed E-state index contributed by atoms with van der Waals surface area (Å²) in [5, 5.41) is 0.0263. The molecule has 0 aromatic heterocycles. The summed E-state index contributed by atoms with van der Waals surface area (Å²) in [6.07, 6.45) is 1.65. The Kier molecular flexibility index (Phi) is 9.82. The normalized spacial score (nSPS) is 14.4. The van der Waals surface area contributed by atoms with Gasteiger partial charge in [-0.15, -0.1) is 0 Å². The first-order valence-electron chi connectivity index (χ1n) is 13.3. The first kappa shape index (κ1) is 29.6. The molecule has 0 spiro atoms. The Balaban J connectivity index is 1.46. The third-order valence-corrected chi connectivity index (χ3v) is 7.56. The quantitative estimate of drug-likeness (QED) is 0.213. The third kappa shape index (κ3) is 7.20. The number of amides is 2. The maximum Gasteiger partial charge on any atom is 0.293 e. The number of imide groups is 1. The molecular weight excluding hydrogens is 546 g/mol. The number of hydrogen-bond donors (Lipinski definition) is 0. The molecule has 1 aliphatic rings. The number of carbonyl (C=O) groups excluding carboxylic acids is 2. The Hall–Kier alpha value is -3.42. The highest BCUT2D eigenvalue weighted by molar-refractivity contribution is 8.18. The van der Waals surface area contributed by atoms with Gasteiger partial charge in [0.05, 0.1) is 23.1 Å². The fourth-order valence-electron chi connectivity index (χ4n) is 4.25. The van der Waals surface area contributed by atoms with Crippen molar-refractivity contribution in [3.8, 4) is 17.2 Å². The van der Waals surface area contributed by atoms with Gasteiger partial charge in [-0.1, -0.05) is 67.4 Å². The maximum absolute atomic E-state index is 13.1. The molecule has 8 heteroatoms. The lowest BCUT2D eigenvalue weighted by molar-refractivity contribution is -0.123. The molecular formula is C32H34ClNO5S. The topological polar surface area (TPSA) is 65.1 Å². The van der Waals surface area contributed by atoms with Gasteiger partial charge in [0, 0.05) is 0 Å². The van der Waals surface area contributed by atoms with Crippen molar-refractivity contribution in [2.24, 2.45) is 0 Å². The number of thioether (sulfide) groups is 1. The Bertz CT molecular complexity index is 1420. The second-order valence-electron chi connectivity index (χ2n) is 9.92. The zero-order chi connectivity index (χ0) is 28.8. The number of benzene rings is 3. The SMILES string of the molecule is CCOc1cc(/C=C2\SC(=O)N(CCOc3cc(C)ccc3C(C)C)C2=O)cc(Cl)c1OCc1ccc(C)cc1. The lowest BCUT2D eigenvalue weighted by Crippen LogP contribution is -2.32. The molecule has 0 saturated carbocycles. The highest BCUT2D eigenvalue weighted by Gasteiger charge is 2.35. The molecule has 2 amide bonds. The lowest BCUT2D eigenvalue weighted by Gasteiger charge is -2.17. The van der Waals surface area contributed by atoms with E-state index in [1.54, 1.807) is 18.2 Å². The molecule has 1 aliphatic heterocycles. The van der Waals surface area contributed by atoms with Crippen LogP contribution in [0.3, 0.4) is 0 Å². The predicted molar refractivity (Wildman–Crippen MR) is 162 cm³/mol. The van der Waals surface area contributed by atoms with Gasteiger partial charge in [-0.05, 0) is 85.0 Å². The molecule has 40 heavy (non-hydrogen) atoms. The molecule has 3 aromatic rings. The van der Waals surface area contributed by atoms with E-state index in [4.69, 9.17) is 25.8 Å². The van der Waals surface area contributed by atoms with Crippen LogP contribution in [0.15, 0.2) is 59.5 Å². The fraction of sp³-hybridized carbons (Fsp3) is 0.312. The van der Waals surface area contributed by atoms with Crippen LogP contribution >= 0.6 is 23.4 Å². The summed E-state index contributed by atoms with van der Waals surface area (Å²) in [6.45, 7) is 11.2. The maximum atomic E-state index is 13.1. The number of hydrogen-bond acceptors (Lipinski definition) is 6. The monoisotopic (exact) mass is 579 g/mol. The van der Waals surface area contributed by atoms with Crippen LogP contribution in [0, 0.1) is 13.8 Å². The Morgan fingerprint density at radius 2 is 1.65 bits per heavy atom. The van der Waals surface area contributed by atoms with Crippen LogP contribution in [0.1, 0.15) is 54.5 Å². The summed E-state index contributed by atoms with van der Waals surface area (Å²) in [5.41, 5.74) is 5.00. The van der Waals surface area contributed by atoms with Crippen LogP contribution < -0.4 is 14.2 Å². The van der Waals surface area contributed by atoms with Crippen molar-refractivity contribution >= 4 is 40.6 Å². The van der Waals surface area contributed by atoms with Gasteiger partial charge in [-0.25, -0.2) is 0 Å². The molecule has 0 atom stereocenters. The number of aryl methyl sites for hydroxylation is 2. The predicted octanol–water partition coefficient (Wildman–Crippen LogP) is 8.17. The molecule has 4 rings (SSSR count). The van der Waals surface area contributed by atoms with E-state index in [0.717, 1.165) is 34.2 Å². The Morgan fingerprint density at radius 3 is 2.35 bits per heavy atom. The molecule has 1 heterocycles. The Morgan fingerprint density at radius 1 is 0.925 bits per heavy atom. The first-order chi connectivity index (χ1) is 19.2. The molecule has 0 bridgehead atoms. The highest BCUT2D eigenvalue weighted by atomic mass is 35.5. The van der Waals surface area contributed by atoms with Crippen molar-refractivity contribution in [3.05, 3.63) is 92.3 Å². The largest absolute Gasteiger partial charge is 0.491 e. The van der Waals surface area contributed by atoms with Gasteiger partial charge in [-0.3, -0.25) is 14.5 Å². The summed E-state index contributed by atoms with van der Waals surface area (Å²) >= 11 is 7.49. The number of ether oxygens (including phenoxy) is 3. The van der Waals surface area contributed by atoms with Crippen LogP contribution in [-0.4, -0.2) is 35.8 Å². The summed E-state index contributed by atoms with van der Waals surface area (Å²) in [4.78, 5) is 27.3. The average Bonchev–Trinajstić information content (AvgIpc) is 3.16. The number of rotatable bonds is 11. The van der Waals surface area contributed by atoms with E-state index >= 15 is 0 Å². The first-order valence-corrected chi connectivity index (χ1v) is 14.5. The standard InChI is InChI=1S/C32H34ClNO5S/c1-6-37-28-17-24(16-26(33)30(28)39-19-23-10-7-21(4)8-11-23)18-29-31(35)34(32(36)40-29)13-14-38-27-15-22(5)9-12-25(27)20(2)3/h7-12,15-18,20H,6,13-14,19H2,1-5H3/b29-18-. The van der Waals surface area contributed by atoms with Crippen LogP contribution in [0.4, 0.5) is 4.79 Å². The molecule has 0 unspecified atom stereocenters. The minimum absolute atomic E-state index is 0.157. The van der Waals surface area contributed by atoms with Crippen molar-refractivity contribution in [2.45, 2.75) is 47.1 Å². The highest BCUT2D eigenvalue weighted by Crippen LogP contribution is 2.39. The van der Waals surface area contributed by atoms with Crippen LogP contribution in [0.25, 0.3) is 6.08 Å². The molecule has 210 valence electrons. The zero-order valence-corrected chi connectivity index (χ0v) is 25.0. The summed E-state index contributed by atoms with van der Waals surface area (Å²) in [5.74, 6) is 1.62. The van der Waals surface area contributed by atoms with E-state index in [1.165, 1.54) is 10.5 Å². The number of nitrogens with zero attached hydrogens (tertiary/aromatic N) is 1. The molecule has 3 aromatic carbocycles. The van der Waals surface area contributed by atoms with Gasteiger partial charge in [-0.2, -0.15) is 0 Å². The second kappa shape index (κ2) is 13.3. The molecule has 0 radical (unpaired) electrons. The van der Waals surface area contributed by atoms with Gasteiger partial charge < -0.3 is 14.2 Å². The Labute approximate surface area is 245 Å². The van der Waals surface area contributed by atoms with Crippen molar-refractivity contribution in [3.63, 3.8) is 0 Å². The molecule has 0 aliphatic carbocycles. The van der Waals surface area contributed by atoms with Gasteiger partial charge in [0.25, 0.3) is 11.1 Å². The second-order valence-corrected chi connectivity index (χ2v) is 11.3. The molecule has 6 nitrogen and oxygen atoms in total. The van der Waals surface area contributed by atoms with Crippen LogP contribution in [0.5, 0.6) is 17.2 Å². The van der Waals surface area contributed by atoms with E-state index in [9.17, 15) is 9.59 Å². The van der Waals surface area contributed by atoms with Crippen molar-refractivity contribution in [1.82, 2.24) is 4.90 Å². The van der Waals surface area contributed by atoms with Gasteiger partial charge in [0.1, 0.15) is 19.0 Å². The van der Waals surface area contributed by atoms with E-state index in [-0.39, 0.29) is 24.3 Å². The summed E-state index contributed by atoms with van der Waals surface area (Å²) in [6, 6.07) is 17.6. The van der Waals surface area contributed by atoms with Crippen LogP contribution in [0.2, 0.25) is 5.02 Å². The smallest absolute Gasteiger partial charge is 0.293 e. The van der Waals surface area contributed by atoms with Crippen molar-refractivity contribution in [2.75, 3.05) is 19.8 Å². The fourth-order valence-corrected chi connectivity index (χ4v) is 5.39. The average molecular weight is 580 g/mol. The van der Waals surface area contributed by atoms with E-state index in [2.05, 4.69) is 26.0 Å². The molecule has 0 N–H and O–H groups in total. The lowest BCUT2D eigenvalue weighted by atomic mass is 10.0. The number of halogens is 1. The van der Waals surface area contributed by atoms with Crippen LogP contribution in [-0.2, 0) is 11.4 Å². The van der Waals surface area contributed by atoms with Gasteiger partial charge >= 0.3 is 0 Å². The van der Waals surface area contributed by atoms with Crippen molar-refractivity contribution in [1.29, 1.82) is 0 Å². The third-order valence-electron chi connectivity index (χ3n) is 6.37. The van der Waals surface area contributed by atoms with Gasteiger partial charge in [0.2, 0.25) is 0 Å². The van der Waals surface area contributed by atoms with E-state index < -0.39 is 0 Å². The van der Waals surface area contributed by atoms with Crippen molar-refractivity contribution < 1.29 is 23.8 Å². The minimum Gasteiger partial charge on any atom is -0.491 e. The molecule has 1 fully saturated rings. The minimum atomic E-state index is -0.360. The summed E-state index contributed by atoms with van der Waals surface area (Å²) in [7, 11) is 0. The van der Waals surface area contributed by atoms with E-state index in [1.807, 2.05) is 51.1 Å². The van der Waals surface area contributed by atoms with E-state index in [0.29, 0.717) is 46.1 Å².